The molecule has 0 atom stereocenters. The van der Waals surface area contributed by atoms with Crippen LogP contribution in [0.5, 0.6) is 5.75 Å². The number of ether oxygens (including phenoxy) is 1. The van der Waals surface area contributed by atoms with Gasteiger partial charge in [0.2, 0.25) is 5.89 Å². The molecule has 1 aromatic carbocycles. The Labute approximate surface area is 115 Å². The van der Waals surface area contributed by atoms with Crippen molar-refractivity contribution in [2.75, 3.05) is 7.11 Å². The lowest BCUT2D eigenvalue weighted by Crippen LogP contribution is -2.00. The van der Waals surface area contributed by atoms with E-state index >= 15 is 0 Å². The Bertz CT molecular complexity index is 646. The number of methoxy groups -OCH3 is 1. The first-order valence-electron chi connectivity index (χ1n) is 6.06. The Morgan fingerprint density at radius 1 is 1.40 bits per heavy atom. The molecule has 0 aliphatic carbocycles. The summed E-state index contributed by atoms with van der Waals surface area (Å²) in [6, 6.07) is 7.09. The Hall–Kier alpha value is -2.63. The molecule has 1 heterocycles. The van der Waals surface area contributed by atoms with Crippen LogP contribution >= 0.6 is 0 Å². The van der Waals surface area contributed by atoms with Crippen LogP contribution in [0.15, 0.2) is 28.7 Å². The van der Waals surface area contributed by atoms with Gasteiger partial charge in [0.25, 0.3) is 5.89 Å². The Morgan fingerprint density at radius 3 is 2.75 bits per heavy atom. The zero-order valence-electron chi connectivity index (χ0n) is 11.2. The van der Waals surface area contributed by atoms with Gasteiger partial charge in [-0.15, -0.1) is 10.2 Å². The highest BCUT2D eigenvalue weighted by Gasteiger charge is 2.18. The minimum Gasteiger partial charge on any atom is -0.496 e. The fraction of sp³-hybridized carbons (Fsp3) is 0.214. The van der Waals surface area contributed by atoms with Crippen LogP contribution in [0, 0.1) is 0 Å². The first kappa shape index (κ1) is 13.8. The van der Waals surface area contributed by atoms with Gasteiger partial charge in [-0.2, -0.15) is 0 Å². The predicted molar refractivity (Wildman–Crippen MR) is 72.2 cm³/mol. The van der Waals surface area contributed by atoms with Crippen LogP contribution in [0.4, 0.5) is 0 Å². The van der Waals surface area contributed by atoms with E-state index in [-0.39, 0.29) is 11.5 Å². The second-order valence-electron chi connectivity index (χ2n) is 3.96. The summed E-state index contributed by atoms with van der Waals surface area (Å²) in [6.45, 7) is 1.85. The Kier molecular flexibility index (Phi) is 4.14. The lowest BCUT2D eigenvalue weighted by Gasteiger charge is -2.04. The van der Waals surface area contributed by atoms with Crippen molar-refractivity contribution in [2.24, 2.45) is 0 Å². The number of nitrogens with zero attached hydrogens (tertiary/aromatic N) is 2. The number of benzene rings is 1. The molecule has 6 heteroatoms. The van der Waals surface area contributed by atoms with Gasteiger partial charge in [0.1, 0.15) is 11.3 Å². The lowest BCUT2D eigenvalue weighted by atomic mass is 10.1. The van der Waals surface area contributed by atoms with Gasteiger partial charge in [0.15, 0.2) is 0 Å². The van der Waals surface area contributed by atoms with Gasteiger partial charge in [-0.05, 0) is 12.1 Å². The highest BCUT2D eigenvalue weighted by molar-refractivity contribution is 6.19. The maximum atomic E-state index is 11.4. The summed E-state index contributed by atoms with van der Waals surface area (Å²) >= 11 is 0. The SMILES string of the molecule is CCc1nnc(/C(=C/c2ccccc2OC)C(=O)O)o1. The number of carbonyl (C=O) groups is 1. The van der Waals surface area contributed by atoms with Crippen molar-refractivity contribution in [1.82, 2.24) is 10.2 Å². The molecule has 2 aromatic rings. The van der Waals surface area contributed by atoms with Crippen molar-refractivity contribution in [1.29, 1.82) is 0 Å². The molecule has 0 fully saturated rings. The fourth-order valence-electron chi connectivity index (χ4n) is 1.66. The minimum absolute atomic E-state index is 0.0137. The maximum Gasteiger partial charge on any atom is 0.341 e. The molecule has 0 amide bonds. The summed E-state index contributed by atoms with van der Waals surface area (Å²) in [7, 11) is 1.52. The van der Waals surface area contributed by atoms with Gasteiger partial charge in [0.05, 0.1) is 7.11 Å². The number of rotatable bonds is 5. The van der Waals surface area contributed by atoms with E-state index in [4.69, 9.17) is 9.15 Å². The zero-order valence-corrected chi connectivity index (χ0v) is 11.2. The number of aryl methyl sites for hydroxylation is 1. The van der Waals surface area contributed by atoms with Gasteiger partial charge in [-0.25, -0.2) is 4.79 Å². The van der Waals surface area contributed by atoms with Crippen LogP contribution < -0.4 is 4.74 Å². The van der Waals surface area contributed by atoms with E-state index < -0.39 is 5.97 Å². The number of carboxylic acids is 1. The molecule has 2 rings (SSSR count). The monoisotopic (exact) mass is 274 g/mol. The molecule has 1 N–H and O–H groups in total. The van der Waals surface area contributed by atoms with E-state index in [9.17, 15) is 9.90 Å². The number of carboxylic acid groups (broad SMARTS) is 1. The fourth-order valence-corrected chi connectivity index (χ4v) is 1.66. The van der Waals surface area contributed by atoms with Crippen LogP contribution in [0.2, 0.25) is 0 Å². The van der Waals surface area contributed by atoms with Crippen molar-refractivity contribution in [2.45, 2.75) is 13.3 Å². The predicted octanol–water partition coefficient (Wildman–Crippen LogP) is 2.27. The molecule has 0 radical (unpaired) electrons. The highest BCUT2D eigenvalue weighted by atomic mass is 16.5. The minimum atomic E-state index is -1.14. The molecule has 0 unspecified atom stereocenters. The van der Waals surface area contributed by atoms with E-state index in [2.05, 4.69) is 10.2 Å². The number of aliphatic carboxylic acids is 1. The molecular formula is C14H14N2O4. The second-order valence-corrected chi connectivity index (χ2v) is 3.96. The second kappa shape index (κ2) is 6.01. The summed E-state index contributed by atoms with van der Waals surface area (Å²) in [6.07, 6.45) is 2.00. The third kappa shape index (κ3) is 2.85. The largest absolute Gasteiger partial charge is 0.496 e. The molecule has 104 valence electrons. The van der Waals surface area contributed by atoms with Crippen LogP contribution in [-0.2, 0) is 11.2 Å². The normalized spacial score (nSPS) is 11.4. The molecule has 20 heavy (non-hydrogen) atoms. The van der Waals surface area contributed by atoms with Crippen molar-refractivity contribution < 1.29 is 19.1 Å². The first-order valence-corrected chi connectivity index (χ1v) is 6.06. The molecule has 0 saturated carbocycles. The van der Waals surface area contributed by atoms with Gasteiger partial charge >= 0.3 is 5.97 Å². The standard InChI is InChI=1S/C14H14N2O4/c1-3-12-15-16-13(20-12)10(14(17)18)8-9-6-4-5-7-11(9)19-2/h4-8H,3H2,1-2H3,(H,17,18)/b10-8-. The summed E-state index contributed by atoms with van der Waals surface area (Å²) in [5.74, 6) is -0.184. The number of hydrogen-bond acceptors (Lipinski definition) is 5. The van der Waals surface area contributed by atoms with Gasteiger partial charge in [-0.3, -0.25) is 0 Å². The van der Waals surface area contributed by atoms with Crippen LogP contribution in [0.25, 0.3) is 11.6 Å². The third-order valence-corrected chi connectivity index (χ3v) is 2.67. The Balaban J connectivity index is 2.47. The van der Waals surface area contributed by atoms with Crippen LogP contribution in [0.3, 0.4) is 0 Å². The summed E-state index contributed by atoms with van der Waals surface area (Å²) < 4.78 is 10.5. The van der Waals surface area contributed by atoms with E-state index in [1.165, 1.54) is 13.2 Å². The van der Waals surface area contributed by atoms with E-state index in [1.807, 2.05) is 6.92 Å². The molecule has 0 bridgehead atoms. The molecule has 6 nitrogen and oxygen atoms in total. The summed E-state index contributed by atoms with van der Waals surface area (Å²) in [5, 5.41) is 16.8. The van der Waals surface area contributed by atoms with E-state index in [0.717, 1.165) is 0 Å². The lowest BCUT2D eigenvalue weighted by molar-refractivity contribution is -0.130. The maximum absolute atomic E-state index is 11.4. The quantitative estimate of drug-likeness (QED) is 0.842. The summed E-state index contributed by atoms with van der Waals surface area (Å²) in [4.78, 5) is 11.4. The van der Waals surface area contributed by atoms with Crippen molar-refractivity contribution >= 4 is 17.6 Å². The van der Waals surface area contributed by atoms with Crippen LogP contribution in [0.1, 0.15) is 24.3 Å². The topological polar surface area (TPSA) is 85.5 Å². The van der Waals surface area contributed by atoms with Crippen LogP contribution in [-0.4, -0.2) is 28.4 Å². The molecule has 0 aliphatic heterocycles. The average Bonchev–Trinajstić information content (AvgIpc) is 2.93. The van der Waals surface area contributed by atoms with E-state index in [0.29, 0.717) is 23.6 Å². The molecular weight excluding hydrogens is 260 g/mol. The molecule has 1 aromatic heterocycles. The van der Waals surface area contributed by atoms with Gasteiger partial charge in [0, 0.05) is 12.0 Å². The van der Waals surface area contributed by atoms with Gasteiger partial charge in [-0.1, -0.05) is 25.1 Å². The first-order chi connectivity index (χ1) is 9.65. The van der Waals surface area contributed by atoms with E-state index in [1.54, 1.807) is 24.3 Å². The number of para-hydroxylation sites is 1. The van der Waals surface area contributed by atoms with Gasteiger partial charge < -0.3 is 14.3 Å². The zero-order chi connectivity index (χ0) is 14.5. The Morgan fingerprint density at radius 2 is 2.15 bits per heavy atom. The highest BCUT2D eigenvalue weighted by Crippen LogP contribution is 2.24. The van der Waals surface area contributed by atoms with Crippen molar-refractivity contribution in [3.8, 4) is 5.75 Å². The molecule has 0 aliphatic rings. The average molecular weight is 274 g/mol. The number of hydrogen-bond donors (Lipinski definition) is 1. The number of aromatic nitrogens is 2. The molecule has 0 saturated heterocycles. The van der Waals surface area contributed by atoms with Crippen molar-refractivity contribution in [3.63, 3.8) is 0 Å². The third-order valence-electron chi connectivity index (χ3n) is 2.67. The summed E-state index contributed by atoms with van der Waals surface area (Å²) in [5.41, 5.74) is 0.561. The smallest absolute Gasteiger partial charge is 0.341 e. The molecule has 0 spiro atoms. The van der Waals surface area contributed by atoms with Crippen molar-refractivity contribution in [3.05, 3.63) is 41.6 Å².